The van der Waals surface area contributed by atoms with Gasteiger partial charge < -0.3 is 13.8 Å². The van der Waals surface area contributed by atoms with E-state index in [0.717, 1.165) is 16.8 Å². The van der Waals surface area contributed by atoms with E-state index in [9.17, 15) is 4.39 Å². The van der Waals surface area contributed by atoms with Crippen LogP contribution in [0, 0.1) is 5.82 Å². The number of halogens is 1. The molecule has 1 aromatic carbocycles. The van der Waals surface area contributed by atoms with E-state index in [0.29, 0.717) is 30.6 Å². The van der Waals surface area contributed by atoms with Gasteiger partial charge >= 0.3 is 0 Å². The average molecular weight is 363 g/mol. The van der Waals surface area contributed by atoms with E-state index >= 15 is 0 Å². The molecule has 4 aromatic rings. The molecular weight excluding hydrogens is 349 g/mol. The first-order chi connectivity index (χ1) is 13.3. The van der Waals surface area contributed by atoms with Crippen molar-refractivity contribution in [2.24, 2.45) is 0 Å². The van der Waals surface area contributed by atoms with E-state index in [4.69, 9.17) is 9.26 Å². The van der Waals surface area contributed by atoms with Crippen molar-refractivity contribution in [2.45, 2.75) is 19.3 Å². The predicted octanol–water partition coefficient (Wildman–Crippen LogP) is 3.41. The third-order valence-corrected chi connectivity index (χ3v) is 4.54. The number of pyridine rings is 1. The van der Waals surface area contributed by atoms with Crippen LogP contribution < -0.4 is 0 Å². The lowest BCUT2D eigenvalue weighted by Crippen LogP contribution is -2.20. The molecule has 0 aliphatic carbocycles. The Morgan fingerprint density at radius 3 is 2.70 bits per heavy atom. The van der Waals surface area contributed by atoms with Gasteiger partial charge in [-0.2, -0.15) is 4.98 Å². The molecule has 0 amide bonds. The first-order valence-electron chi connectivity index (χ1n) is 8.43. The molecule has 0 fully saturated rings. The SMILES string of the molecule is Fc1ccc([C@H]2Cn3cnc(-c4nc(-c5ccncc5)no4)c3CO2)cc1. The molecule has 1 aliphatic rings. The molecule has 1 aliphatic heterocycles. The fourth-order valence-corrected chi connectivity index (χ4v) is 3.12. The van der Waals surface area contributed by atoms with Gasteiger partial charge in [0, 0.05) is 18.0 Å². The smallest absolute Gasteiger partial charge is 0.278 e. The number of nitrogens with zero attached hydrogens (tertiary/aromatic N) is 5. The molecule has 4 heterocycles. The fraction of sp³-hybridized carbons (Fsp3) is 0.158. The number of aromatic nitrogens is 5. The first kappa shape index (κ1) is 15.8. The number of fused-ring (bicyclic) bond motifs is 1. The van der Waals surface area contributed by atoms with Gasteiger partial charge in [0.15, 0.2) is 5.69 Å². The molecule has 3 aromatic heterocycles. The van der Waals surface area contributed by atoms with Gasteiger partial charge in [0.05, 0.1) is 25.2 Å². The second-order valence-corrected chi connectivity index (χ2v) is 6.20. The van der Waals surface area contributed by atoms with Crippen LogP contribution in [0.25, 0.3) is 23.0 Å². The highest BCUT2D eigenvalue weighted by Gasteiger charge is 2.26. The van der Waals surface area contributed by atoms with Gasteiger partial charge in [-0.15, -0.1) is 0 Å². The summed E-state index contributed by atoms with van der Waals surface area (Å²) in [6, 6.07) is 9.98. The third kappa shape index (κ3) is 2.89. The molecular formula is C19H14FN5O2. The van der Waals surface area contributed by atoms with Crippen molar-refractivity contribution in [1.82, 2.24) is 24.7 Å². The number of hydrogen-bond donors (Lipinski definition) is 0. The Morgan fingerprint density at radius 1 is 1.07 bits per heavy atom. The molecule has 8 heteroatoms. The maximum Gasteiger partial charge on any atom is 0.278 e. The number of hydrogen-bond acceptors (Lipinski definition) is 6. The monoisotopic (exact) mass is 363 g/mol. The van der Waals surface area contributed by atoms with Gasteiger partial charge in [-0.3, -0.25) is 4.98 Å². The van der Waals surface area contributed by atoms with Crippen LogP contribution in [0.2, 0.25) is 0 Å². The number of imidazole rings is 1. The van der Waals surface area contributed by atoms with Gasteiger partial charge in [-0.25, -0.2) is 9.37 Å². The maximum atomic E-state index is 13.1. The summed E-state index contributed by atoms with van der Waals surface area (Å²) in [5.74, 6) is 0.566. The molecule has 1 atom stereocenters. The second kappa shape index (κ2) is 6.40. The molecule has 7 nitrogen and oxygen atoms in total. The van der Waals surface area contributed by atoms with Crippen molar-refractivity contribution >= 4 is 0 Å². The van der Waals surface area contributed by atoms with Crippen molar-refractivity contribution in [3.63, 3.8) is 0 Å². The molecule has 0 saturated heterocycles. The summed E-state index contributed by atoms with van der Waals surface area (Å²) < 4.78 is 26.5. The molecule has 0 saturated carbocycles. The minimum absolute atomic E-state index is 0.157. The van der Waals surface area contributed by atoms with E-state index in [1.807, 2.05) is 16.7 Å². The lowest BCUT2D eigenvalue weighted by atomic mass is 10.1. The Labute approximate surface area is 153 Å². The van der Waals surface area contributed by atoms with E-state index in [-0.39, 0.29) is 11.9 Å². The summed E-state index contributed by atoms with van der Waals surface area (Å²) in [7, 11) is 0. The van der Waals surface area contributed by atoms with Crippen LogP contribution in [0.5, 0.6) is 0 Å². The topological polar surface area (TPSA) is 78.9 Å². The Morgan fingerprint density at radius 2 is 1.89 bits per heavy atom. The van der Waals surface area contributed by atoms with E-state index in [2.05, 4.69) is 20.1 Å². The Hall–Kier alpha value is -3.39. The van der Waals surface area contributed by atoms with Crippen LogP contribution in [-0.4, -0.2) is 24.7 Å². The van der Waals surface area contributed by atoms with Crippen molar-refractivity contribution in [2.75, 3.05) is 0 Å². The van der Waals surface area contributed by atoms with Crippen LogP contribution in [0.3, 0.4) is 0 Å². The molecule has 134 valence electrons. The lowest BCUT2D eigenvalue weighted by Gasteiger charge is -2.25. The zero-order chi connectivity index (χ0) is 18.2. The maximum absolute atomic E-state index is 13.1. The molecule has 0 radical (unpaired) electrons. The van der Waals surface area contributed by atoms with Gasteiger partial charge in [0.2, 0.25) is 5.82 Å². The first-order valence-corrected chi connectivity index (χ1v) is 8.43. The zero-order valence-corrected chi connectivity index (χ0v) is 14.1. The summed E-state index contributed by atoms with van der Waals surface area (Å²) in [4.78, 5) is 12.9. The van der Waals surface area contributed by atoms with Crippen LogP contribution in [0.4, 0.5) is 4.39 Å². The second-order valence-electron chi connectivity index (χ2n) is 6.20. The summed E-state index contributed by atoms with van der Waals surface area (Å²) in [5, 5.41) is 4.02. The highest BCUT2D eigenvalue weighted by atomic mass is 19.1. The number of ether oxygens (including phenoxy) is 1. The molecule has 0 N–H and O–H groups in total. The standard InChI is InChI=1S/C19H14FN5O2/c20-14-3-1-12(2-4-14)16-9-25-11-22-17(15(25)10-26-16)19-23-18(24-27-19)13-5-7-21-8-6-13/h1-8,11,16H,9-10H2/t16-/m1/s1. The highest BCUT2D eigenvalue weighted by Crippen LogP contribution is 2.31. The Balaban J connectivity index is 1.42. The largest absolute Gasteiger partial charge is 0.365 e. The van der Waals surface area contributed by atoms with Gasteiger partial charge in [-0.1, -0.05) is 17.3 Å². The van der Waals surface area contributed by atoms with Crippen molar-refractivity contribution in [3.8, 4) is 23.0 Å². The van der Waals surface area contributed by atoms with Gasteiger partial charge in [0.25, 0.3) is 5.89 Å². The summed E-state index contributed by atoms with van der Waals surface area (Å²) in [6.07, 6.45) is 4.93. The van der Waals surface area contributed by atoms with Gasteiger partial charge in [-0.05, 0) is 29.8 Å². The summed E-state index contributed by atoms with van der Waals surface area (Å²) in [6.45, 7) is 0.934. The molecule has 0 bridgehead atoms. The summed E-state index contributed by atoms with van der Waals surface area (Å²) >= 11 is 0. The van der Waals surface area contributed by atoms with Crippen molar-refractivity contribution in [1.29, 1.82) is 0 Å². The predicted molar refractivity (Wildman–Crippen MR) is 92.7 cm³/mol. The molecule has 0 spiro atoms. The Kier molecular flexibility index (Phi) is 3.75. The van der Waals surface area contributed by atoms with Crippen LogP contribution >= 0.6 is 0 Å². The minimum atomic E-state index is -0.262. The van der Waals surface area contributed by atoms with Crippen molar-refractivity contribution in [3.05, 3.63) is 72.2 Å². The van der Waals surface area contributed by atoms with E-state index in [1.165, 1.54) is 12.1 Å². The normalized spacial score (nSPS) is 16.3. The van der Waals surface area contributed by atoms with Gasteiger partial charge in [0.1, 0.15) is 11.9 Å². The third-order valence-electron chi connectivity index (χ3n) is 4.54. The number of benzene rings is 1. The highest BCUT2D eigenvalue weighted by molar-refractivity contribution is 5.58. The van der Waals surface area contributed by atoms with Crippen LogP contribution in [0.1, 0.15) is 17.4 Å². The number of rotatable bonds is 3. The van der Waals surface area contributed by atoms with Crippen molar-refractivity contribution < 1.29 is 13.7 Å². The van der Waals surface area contributed by atoms with Crippen LogP contribution in [-0.2, 0) is 17.9 Å². The zero-order valence-electron chi connectivity index (χ0n) is 14.1. The summed E-state index contributed by atoms with van der Waals surface area (Å²) in [5.41, 5.74) is 3.23. The van der Waals surface area contributed by atoms with Crippen LogP contribution in [0.15, 0.2) is 59.6 Å². The molecule has 0 unspecified atom stereocenters. The molecule has 5 rings (SSSR count). The fourth-order valence-electron chi connectivity index (χ4n) is 3.12. The Bertz CT molecular complexity index is 1080. The minimum Gasteiger partial charge on any atom is -0.365 e. The molecule has 27 heavy (non-hydrogen) atoms. The van der Waals surface area contributed by atoms with E-state index in [1.54, 1.807) is 30.9 Å². The lowest BCUT2D eigenvalue weighted by molar-refractivity contribution is 0.00326. The average Bonchev–Trinajstić information content (AvgIpc) is 3.36. The van der Waals surface area contributed by atoms with E-state index < -0.39 is 0 Å². The quantitative estimate of drug-likeness (QED) is 0.555.